The van der Waals surface area contributed by atoms with Crippen molar-refractivity contribution in [2.75, 3.05) is 11.9 Å². The molecule has 1 aromatic heterocycles. The number of anilines is 2. The van der Waals surface area contributed by atoms with Crippen molar-refractivity contribution in [1.29, 1.82) is 0 Å². The molecule has 2 aromatic rings. The number of rotatable bonds is 6. The number of hydrogen-bond donors (Lipinski definition) is 1. The molecule has 2 rings (SSSR count). The molecule has 0 atom stereocenters. The zero-order chi connectivity index (χ0) is 20.2. The second-order valence-corrected chi connectivity index (χ2v) is 5.63. The number of ether oxygens (including phenoxy) is 2. The molecule has 0 bridgehead atoms. The normalized spacial score (nSPS) is 12.2. The van der Waals surface area contributed by atoms with Crippen LogP contribution in [0.25, 0.3) is 0 Å². The summed E-state index contributed by atoms with van der Waals surface area (Å²) in [7, 11) is 0. The van der Waals surface area contributed by atoms with Crippen LogP contribution in [0.4, 0.5) is 38.0 Å². The number of hydrogen-bond acceptors (Lipinski definition) is 5. The minimum Gasteiger partial charge on any atom is -0.491 e. The number of nitrogens with one attached hydrogen (secondary N) is 1. The van der Waals surface area contributed by atoms with Crippen LogP contribution in [0.3, 0.4) is 0 Å². The first kappa shape index (κ1) is 20.6. The largest absolute Gasteiger partial charge is 0.491 e. The summed E-state index contributed by atoms with van der Waals surface area (Å²) in [5.41, 5.74) is -1.14. The Bertz CT molecular complexity index is 777. The fourth-order valence-electron chi connectivity index (χ4n) is 1.93. The van der Waals surface area contributed by atoms with Gasteiger partial charge >= 0.3 is 12.4 Å². The molecule has 1 aromatic carbocycles. The van der Waals surface area contributed by atoms with Gasteiger partial charge in [0.05, 0.1) is 6.10 Å². The third-order valence-corrected chi connectivity index (χ3v) is 2.89. The van der Waals surface area contributed by atoms with Gasteiger partial charge in [0.1, 0.15) is 11.3 Å². The van der Waals surface area contributed by atoms with Crippen LogP contribution < -0.4 is 14.8 Å². The molecule has 0 spiro atoms. The highest BCUT2D eigenvalue weighted by Crippen LogP contribution is 2.36. The van der Waals surface area contributed by atoms with Crippen molar-refractivity contribution in [3.8, 4) is 11.6 Å². The third kappa shape index (κ3) is 6.50. The lowest BCUT2D eigenvalue weighted by molar-refractivity contribution is -0.159. The average Bonchev–Trinajstić information content (AvgIpc) is 2.51. The van der Waals surface area contributed by atoms with Crippen LogP contribution in [-0.2, 0) is 6.18 Å². The van der Waals surface area contributed by atoms with Crippen molar-refractivity contribution in [2.45, 2.75) is 32.3 Å². The number of halogens is 6. The van der Waals surface area contributed by atoms with E-state index in [-0.39, 0.29) is 12.1 Å². The van der Waals surface area contributed by atoms with E-state index in [0.717, 1.165) is 0 Å². The van der Waals surface area contributed by atoms with Gasteiger partial charge in [0.15, 0.2) is 6.61 Å². The van der Waals surface area contributed by atoms with Gasteiger partial charge in [-0.3, -0.25) is 0 Å². The van der Waals surface area contributed by atoms with Gasteiger partial charge in [-0.15, -0.1) is 0 Å². The maximum Gasteiger partial charge on any atom is 0.423 e. The fourth-order valence-corrected chi connectivity index (χ4v) is 1.93. The standard InChI is InChI=1S/C16H15F6N3O2/c1-9(2)27-11-5-3-4-10(6-11)24-14-23-7-12(16(20,21)22)13(25-14)26-8-15(17,18)19/h3-7,9H,8H2,1-2H3,(H,23,24,25). The molecule has 0 radical (unpaired) electrons. The first-order valence-corrected chi connectivity index (χ1v) is 7.61. The molecular weight excluding hydrogens is 380 g/mol. The molecule has 1 heterocycles. The van der Waals surface area contributed by atoms with Gasteiger partial charge in [0.2, 0.25) is 11.8 Å². The highest BCUT2D eigenvalue weighted by molar-refractivity contribution is 5.56. The number of aromatic nitrogens is 2. The zero-order valence-electron chi connectivity index (χ0n) is 14.1. The second-order valence-electron chi connectivity index (χ2n) is 5.63. The Hall–Kier alpha value is -2.72. The number of benzene rings is 1. The van der Waals surface area contributed by atoms with Gasteiger partial charge in [-0.1, -0.05) is 6.07 Å². The van der Waals surface area contributed by atoms with Crippen LogP contribution in [0.15, 0.2) is 30.5 Å². The van der Waals surface area contributed by atoms with Gasteiger partial charge in [0, 0.05) is 18.0 Å². The van der Waals surface area contributed by atoms with E-state index in [9.17, 15) is 26.3 Å². The maximum atomic E-state index is 12.9. The lowest BCUT2D eigenvalue weighted by Gasteiger charge is -2.15. The highest BCUT2D eigenvalue weighted by atomic mass is 19.4. The first-order valence-electron chi connectivity index (χ1n) is 7.61. The van der Waals surface area contributed by atoms with E-state index in [0.29, 0.717) is 17.6 Å². The highest BCUT2D eigenvalue weighted by Gasteiger charge is 2.38. The van der Waals surface area contributed by atoms with Crippen LogP contribution >= 0.6 is 0 Å². The summed E-state index contributed by atoms with van der Waals surface area (Å²) < 4.78 is 85.3. The molecule has 148 valence electrons. The number of alkyl halides is 6. The molecular formula is C16H15F6N3O2. The molecule has 0 aliphatic heterocycles. The van der Waals surface area contributed by atoms with Crippen molar-refractivity contribution in [1.82, 2.24) is 9.97 Å². The molecule has 11 heteroatoms. The predicted molar refractivity (Wildman–Crippen MR) is 84.1 cm³/mol. The Morgan fingerprint density at radius 2 is 1.81 bits per heavy atom. The van der Waals surface area contributed by atoms with Crippen molar-refractivity contribution >= 4 is 11.6 Å². The van der Waals surface area contributed by atoms with Gasteiger partial charge in [-0.2, -0.15) is 31.3 Å². The van der Waals surface area contributed by atoms with Crippen molar-refractivity contribution in [3.05, 3.63) is 36.0 Å². The minimum absolute atomic E-state index is 0.107. The predicted octanol–water partition coefficient (Wildman–Crippen LogP) is 4.97. The first-order chi connectivity index (χ1) is 12.4. The van der Waals surface area contributed by atoms with Crippen LogP contribution in [0.2, 0.25) is 0 Å². The Kier molecular flexibility index (Phi) is 6.01. The fraction of sp³-hybridized carbons (Fsp3) is 0.375. The smallest absolute Gasteiger partial charge is 0.423 e. The van der Waals surface area contributed by atoms with Gasteiger partial charge in [-0.05, 0) is 26.0 Å². The summed E-state index contributed by atoms with van der Waals surface area (Å²) in [6, 6.07) is 6.38. The maximum absolute atomic E-state index is 12.9. The summed E-state index contributed by atoms with van der Waals surface area (Å²) in [6.45, 7) is 1.71. The molecule has 0 saturated carbocycles. The van der Waals surface area contributed by atoms with E-state index in [2.05, 4.69) is 20.0 Å². The Balaban J connectivity index is 2.27. The van der Waals surface area contributed by atoms with Gasteiger partial charge < -0.3 is 14.8 Å². The van der Waals surface area contributed by atoms with E-state index < -0.39 is 30.4 Å². The van der Waals surface area contributed by atoms with E-state index >= 15 is 0 Å². The van der Waals surface area contributed by atoms with Crippen molar-refractivity contribution < 1.29 is 35.8 Å². The molecule has 0 saturated heterocycles. The Morgan fingerprint density at radius 3 is 2.41 bits per heavy atom. The zero-order valence-corrected chi connectivity index (χ0v) is 14.1. The van der Waals surface area contributed by atoms with Crippen molar-refractivity contribution in [2.24, 2.45) is 0 Å². The molecule has 0 unspecified atom stereocenters. The summed E-state index contributed by atoms with van der Waals surface area (Å²) in [6.07, 6.45) is -9.53. The second kappa shape index (κ2) is 7.89. The van der Waals surface area contributed by atoms with Gasteiger partial charge in [-0.25, -0.2) is 4.98 Å². The summed E-state index contributed by atoms with van der Waals surface area (Å²) in [5, 5.41) is 2.60. The molecule has 0 fully saturated rings. The summed E-state index contributed by atoms with van der Waals surface area (Å²) in [4.78, 5) is 6.91. The quantitative estimate of drug-likeness (QED) is 0.700. The molecule has 27 heavy (non-hydrogen) atoms. The lowest BCUT2D eigenvalue weighted by Crippen LogP contribution is -2.22. The van der Waals surface area contributed by atoms with Crippen LogP contribution in [0.1, 0.15) is 19.4 Å². The third-order valence-electron chi connectivity index (χ3n) is 2.89. The van der Waals surface area contributed by atoms with Crippen molar-refractivity contribution in [3.63, 3.8) is 0 Å². The van der Waals surface area contributed by atoms with E-state index in [1.165, 1.54) is 6.07 Å². The molecule has 0 aliphatic rings. The van der Waals surface area contributed by atoms with Crippen LogP contribution in [0.5, 0.6) is 11.6 Å². The van der Waals surface area contributed by atoms with E-state index in [1.807, 2.05) is 13.8 Å². The topological polar surface area (TPSA) is 56.3 Å². The number of nitrogens with zero attached hydrogens (tertiary/aromatic N) is 2. The van der Waals surface area contributed by atoms with Crippen LogP contribution in [0, 0.1) is 0 Å². The van der Waals surface area contributed by atoms with E-state index in [4.69, 9.17) is 4.74 Å². The monoisotopic (exact) mass is 395 g/mol. The van der Waals surface area contributed by atoms with Gasteiger partial charge in [0.25, 0.3) is 0 Å². The molecule has 5 nitrogen and oxygen atoms in total. The molecule has 0 amide bonds. The molecule has 1 N–H and O–H groups in total. The average molecular weight is 395 g/mol. The Morgan fingerprint density at radius 1 is 1.11 bits per heavy atom. The summed E-state index contributed by atoms with van der Waals surface area (Å²) >= 11 is 0. The minimum atomic E-state index is -4.97. The SMILES string of the molecule is CC(C)Oc1cccc(Nc2ncc(C(F)(F)F)c(OCC(F)(F)F)n2)c1. The lowest BCUT2D eigenvalue weighted by atomic mass is 10.3. The molecule has 0 aliphatic carbocycles. The Labute approximate surface area is 150 Å². The van der Waals surface area contributed by atoms with Crippen LogP contribution in [-0.4, -0.2) is 28.9 Å². The van der Waals surface area contributed by atoms with E-state index in [1.54, 1.807) is 18.2 Å². The summed E-state index contributed by atoms with van der Waals surface area (Å²) in [5.74, 6) is -1.09.